The highest BCUT2D eigenvalue weighted by atomic mass is 16.5. The Balaban J connectivity index is 2.59. The zero-order valence-electron chi connectivity index (χ0n) is 10.6. The molecule has 0 aromatic heterocycles. The van der Waals surface area contributed by atoms with E-state index in [1.165, 1.54) is 12.0 Å². The summed E-state index contributed by atoms with van der Waals surface area (Å²) in [6, 6.07) is 8.27. The fourth-order valence-corrected chi connectivity index (χ4v) is 1.71. The average Bonchev–Trinajstić information content (AvgIpc) is 2.30. The molecule has 0 radical (unpaired) electrons. The molecule has 0 spiro atoms. The maximum Gasteiger partial charge on any atom is 0.119 e. The molecule has 2 unspecified atom stereocenters. The largest absolute Gasteiger partial charge is 0.494 e. The van der Waals surface area contributed by atoms with Crippen LogP contribution in [0.2, 0.25) is 0 Å². The van der Waals surface area contributed by atoms with Crippen LogP contribution < -0.4 is 10.5 Å². The van der Waals surface area contributed by atoms with Crippen molar-refractivity contribution in [2.75, 3.05) is 6.61 Å². The summed E-state index contributed by atoms with van der Waals surface area (Å²) >= 11 is 0. The zero-order chi connectivity index (χ0) is 12.0. The van der Waals surface area contributed by atoms with E-state index in [-0.39, 0.29) is 6.04 Å². The molecule has 1 aromatic carbocycles. The van der Waals surface area contributed by atoms with E-state index < -0.39 is 0 Å². The minimum atomic E-state index is 0.144. The minimum Gasteiger partial charge on any atom is -0.494 e. The van der Waals surface area contributed by atoms with Gasteiger partial charge >= 0.3 is 0 Å². The van der Waals surface area contributed by atoms with Crippen molar-refractivity contribution >= 4 is 0 Å². The summed E-state index contributed by atoms with van der Waals surface area (Å²) in [6.07, 6.45) is 2.23. The quantitative estimate of drug-likeness (QED) is 0.797. The van der Waals surface area contributed by atoms with Crippen molar-refractivity contribution in [2.45, 2.75) is 39.7 Å². The molecule has 0 saturated carbocycles. The van der Waals surface area contributed by atoms with Crippen molar-refractivity contribution in [2.24, 2.45) is 11.7 Å². The van der Waals surface area contributed by atoms with Gasteiger partial charge in [-0.15, -0.1) is 0 Å². The van der Waals surface area contributed by atoms with E-state index in [1.54, 1.807) is 0 Å². The Morgan fingerprint density at radius 1 is 1.19 bits per heavy atom. The molecule has 0 fully saturated rings. The Morgan fingerprint density at radius 2 is 1.81 bits per heavy atom. The maximum absolute atomic E-state index is 6.15. The number of benzene rings is 1. The molecule has 0 aliphatic heterocycles. The van der Waals surface area contributed by atoms with Gasteiger partial charge in [0.25, 0.3) is 0 Å². The lowest BCUT2D eigenvalue weighted by Gasteiger charge is -2.16. The molecule has 1 aromatic rings. The Labute approximate surface area is 98.8 Å². The second-order valence-electron chi connectivity index (χ2n) is 4.36. The number of nitrogens with two attached hydrogens (primary N) is 1. The van der Waals surface area contributed by atoms with Gasteiger partial charge in [-0.3, -0.25) is 0 Å². The highest BCUT2D eigenvalue weighted by Gasteiger charge is 2.09. The van der Waals surface area contributed by atoms with Crippen molar-refractivity contribution in [3.8, 4) is 5.75 Å². The molecular weight excluding hydrogens is 198 g/mol. The Kier molecular flexibility index (Phi) is 5.33. The van der Waals surface area contributed by atoms with Gasteiger partial charge in [-0.25, -0.2) is 0 Å². The second kappa shape index (κ2) is 6.54. The molecule has 2 heteroatoms. The van der Waals surface area contributed by atoms with E-state index in [1.807, 2.05) is 19.1 Å². The van der Waals surface area contributed by atoms with Crippen LogP contribution in [-0.2, 0) is 0 Å². The van der Waals surface area contributed by atoms with E-state index in [4.69, 9.17) is 10.5 Å². The molecule has 1 rings (SSSR count). The van der Waals surface area contributed by atoms with Crippen LogP contribution in [0.4, 0.5) is 0 Å². The molecule has 2 N–H and O–H groups in total. The SMILES string of the molecule is CCOc1ccc(C(N)CC(C)CC)cc1. The van der Waals surface area contributed by atoms with E-state index in [0.717, 1.165) is 12.2 Å². The predicted octanol–water partition coefficient (Wildman–Crippen LogP) is 3.52. The minimum absolute atomic E-state index is 0.144. The van der Waals surface area contributed by atoms with Gasteiger partial charge in [-0.05, 0) is 37.0 Å². The molecule has 2 atom stereocenters. The van der Waals surface area contributed by atoms with Gasteiger partial charge in [-0.2, -0.15) is 0 Å². The Morgan fingerprint density at radius 3 is 2.31 bits per heavy atom. The van der Waals surface area contributed by atoms with E-state index >= 15 is 0 Å². The molecule has 90 valence electrons. The highest BCUT2D eigenvalue weighted by Crippen LogP contribution is 2.22. The van der Waals surface area contributed by atoms with E-state index in [0.29, 0.717) is 12.5 Å². The van der Waals surface area contributed by atoms with Crippen LogP contribution in [0, 0.1) is 5.92 Å². The van der Waals surface area contributed by atoms with Crippen LogP contribution in [0.5, 0.6) is 5.75 Å². The first-order valence-corrected chi connectivity index (χ1v) is 6.15. The average molecular weight is 221 g/mol. The summed E-state index contributed by atoms with van der Waals surface area (Å²) in [5.41, 5.74) is 7.35. The van der Waals surface area contributed by atoms with Crippen LogP contribution in [-0.4, -0.2) is 6.61 Å². The molecule has 16 heavy (non-hydrogen) atoms. The van der Waals surface area contributed by atoms with Crippen molar-refractivity contribution in [1.29, 1.82) is 0 Å². The van der Waals surface area contributed by atoms with Crippen molar-refractivity contribution < 1.29 is 4.74 Å². The number of hydrogen-bond donors (Lipinski definition) is 1. The van der Waals surface area contributed by atoms with Gasteiger partial charge in [0.2, 0.25) is 0 Å². The normalized spacial score (nSPS) is 14.5. The molecule has 2 nitrogen and oxygen atoms in total. The van der Waals surface area contributed by atoms with Gasteiger partial charge in [0.05, 0.1) is 6.61 Å². The summed E-state index contributed by atoms with van der Waals surface area (Å²) < 4.78 is 5.40. The first-order valence-electron chi connectivity index (χ1n) is 6.15. The lowest BCUT2D eigenvalue weighted by Crippen LogP contribution is -2.13. The van der Waals surface area contributed by atoms with Gasteiger partial charge in [-0.1, -0.05) is 32.4 Å². The number of rotatable bonds is 6. The maximum atomic E-state index is 6.15. The Bertz CT molecular complexity index is 294. The smallest absolute Gasteiger partial charge is 0.119 e. The molecule has 0 saturated heterocycles. The van der Waals surface area contributed by atoms with Crippen molar-refractivity contribution in [1.82, 2.24) is 0 Å². The molecule has 0 heterocycles. The summed E-state index contributed by atoms with van der Waals surface area (Å²) in [5.74, 6) is 1.60. The van der Waals surface area contributed by atoms with Gasteiger partial charge in [0.1, 0.15) is 5.75 Å². The number of ether oxygens (including phenoxy) is 1. The first-order chi connectivity index (χ1) is 7.67. The monoisotopic (exact) mass is 221 g/mol. The molecular formula is C14H23NO. The standard InChI is InChI=1S/C14H23NO/c1-4-11(3)10-14(15)12-6-8-13(9-7-12)16-5-2/h6-9,11,14H,4-5,10,15H2,1-3H3. The van der Waals surface area contributed by atoms with Crippen molar-refractivity contribution in [3.05, 3.63) is 29.8 Å². The lowest BCUT2D eigenvalue weighted by molar-refractivity contribution is 0.340. The fraction of sp³-hybridized carbons (Fsp3) is 0.571. The molecule has 0 aliphatic rings. The van der Waals surface area contributed by atoms with Crippen LogP contribution >= 0.6 is 0 Å². The summed E-state index contributed by atoms with van der Waals surface area (Å²) in [7, 11) is 0. The van der Waals surface area contributed by atoms with Crippen molar-refractivity contribution in [3.63, 3.8) is 0 Å². The van der Waals surface area contributed by atoms with Crippen LogP contribution in [0.1, 0.15) is 45.2 Å². The third-order valence-corrected chi connectivity index (χ3v) is 2.97. The molecule has 0 amide bonds. The fourth-order valence-electron chi connectivity index (χ4n) is 1.71. The van der Waals surface area contributed by atoms with Crippen LogP contribution in [0.3, 0.4) is 0 Å². The molecule has 0 bridgehead atoms. The summed E-state index contributed by atoms with van der Waals surface area (Å²) in [4.78, 5) is 0. The highest BCUT2D eigenvalue weighted by molar-refractivity contribution is 5.29. The van der Waals surface area contributed by atoms with E-state index in [9.17, 15) is 0 Å². The van der Waals surface area contributed by atoms with Gasteiger partial charge in [0, 0.05) is 6.04 Å². The predicted molar refractivity (Wildman–Crippen MR) is 68.6 cm³/mol. The third-order valence-electron chi connectivity index (χ3n) is 2.97. The van der Waals surface area contributed by atoms with E-state index in [2.05, 4.69) is 26.0 Å². The van der Waals surface area contributed by atoms with Gasteiger partial charge < -0.3 is 10.5 Å². The lowest BCUT2D eigenvalue weighted by atomic mass is 9.95. The van der Waals surface area contributed by atoms with Crippen LogP contribution in [0.25, 0.3) is 0 Å². The topological polar surface area (TPSA) is 35.2 Å². The van der Waals surface area contributed by atoms with Crippen LogP contribution in [0.15, 0.2) is 24.3 Å². The summed E-state index contributed by atoms with van der Waals surface area (Å²) in [5, 5.41) is 0. The summed E-state index contributed by atoms with van der Waals surface area (Å²) in [6.45, 7) is 7.14. The Hall–Kier alpha value is -1.02. The third kappa shape index (κ3) is 3.86. The zero-order valence-corrected chi connectivity index (χ0v) is 10.6. The number of hydrogen-bond acceptors (Lipinski definition) is 2. The second-order valence-corrected chi connectivity index (χ2v) is 4.36. The first kappa shape index (κ1) is 13.0. The molecule has 0 aliphatic carbocycles. The van der Waals surface area contributed by atoms with Gasteiger partial charge in [0.15, 0.2) is 0 Å².